The highest BCUT2D eigenvalue weighted by Gasteiger charge is 2.49. The normalized spacial score (nSPS) is 21.0. The molecule has 0 aromatic heterocycles. The van der Waals surface area contributed by atoms with E-state index in [0.717, 1.165) is 5.56 Å². The second kappa shape index (κ2) is 7.15. The summed E-state index contributed by atoms with van der Waals surface area (Å²) in [5.41, 5.74) is 0.857. The highest BCUT2D eigenvalue weighted by atomic mass is 16.4. The molecule has 3 rings (SSSR count). The van der Waals surface area contributed by atoms with Crippen molar-refractivity contribution in [2.45, 2.75) is 31.8 Å². The Labute approximate surface area is 151 Å². The van der Waals surface area contributed by atoms with E-state index in [-0.39, 0.29) is 50.3 Å². The Bertz CT molecular complexity index is 736. The Balaban J connectivity index is 1.72. The van der Waals surface area contributed by atoms with Gasteiger partial charge in [0.05, 0.1) is 12.6 Å². The van der Waals surface area contributed by atoms with Gasteiger partial charge in [-0.25, -0.2) is 4.79 Å². The molecule has 2 atom stereocenters. The molecule has 0 aliphatic carbocycles. The number of amides is 4. The number of hydrogen-bond acceptors (Lipinski definition) is 5. The topological polar surface area (TPSA) is 101 Å². The van der Waals surface area contributed by atoms with Crippen molar-refractivity contribution in [3.63, 3.8) is 0 Å². The Morgan fingerprint density at radius 2 is 1.85 bits per heavy atom. The summed E-state index contributed by atoms with van der Waals surface area (Å²) in [6, 6.07) is 7.82. The van der Waals surface area contributed by atoms with Gasteiger partial charge in [0.15, 0.2) is 0 Å². The molecule has 138 valence electrons. The average Bonchev–Trinajstić information content (AvgIpc) is 2.90. The number of carboxylic acids is 1. The van der Waals surface area contributed by atoms with Crippen molar-refractivity contribution in [3.05, 3.63) is 35.9 Å². The van der Waals surface area contributed by atoms with E-state index in [1.807, 2.05) is 30.3 Å². The van der Waals surface area contributed by atoms with E-state index in [1.54, 1.807) is 6.92 Å². The number of piperazine rings is 1. The number of rotatable bonds is 5. The first kappa shape index (κ1) is 17.9. The van der Waals surface area contributed by atoms with Gasteiger partial charge in [0.2, 0.25) is 5.91 Å². The number of benzene rings is 1. The summed E-state index contributed by atoms with van der Waals surface area (Å²) in [5, 5.41) is 10.5. The fourth-order valence-electron chi connectivity index (χ4n) is 3.45. The number of carbonyl (C=O) groups excluding carboxylic acids is 4. The smallest absolute Gasteiger partial charge is 0.328 e. The van der Waals surface area contributed by atoms with Gasteiger partial charge in [-0.15, -0.1) is 0 Å². The van der Waals surface area contributed by atoms with Gasteiger partial charge >= 0.3 is 6.03 Å². The molecule has 4 amide bonds. The summed E-state index contributed by atoms with van der Waals surface area (Å²) < 4.78 is 0. The van der Waals surface area contributed by atoms with Crippen LogP contribution in [-0.2, 0) is 14.4 Å². The van der Waals surface area contributed by atoms with Crippen LogP contribution in [0.5, 0.6) is 0 Å². The van der Waals surface area contributed by atoms with E-state index >= 15 is 0 Å². The molecule has 8 heteroatoms. The Morgan fingerprint density at radius 3 is 2.50 bits per heavy atom. The number of carboxylic acid groups (broad SMARTS) is 1. The zero-order valence-electron chi connectivity index (χ0n) is 14.5. The van der Waals surface area contributed by atoms with Crippen molar-refractivity contribution < 1.29 is 24.3 Å². The fourth-order valence-corrected chi connectivity index (χ4v) is 3.45. The zero-order valence-corrected chi connectivity index (χ0v) is 14.5. The Hall–Kier alpha value is -2.90. The molecule has 2 heterocycles. The molecular weight excluding hydrogens is 338 g/mol. The molecule has 0 unspecified atom stereocenters. The maximum Gasteiger partial charge on any atom is 0.328 e. The predicted octanol–water partition coefficient (Wildman–Crippen LogP) is -0.247. The molecule has 0 N–H and O–H groups in total. The number of fused-ring (bicyclic) bond motifs is 1. The fraction of sp³-hybridized carbons (Fsp3) is 0.444. The van der Waals surface area contributed by atoms with Crippen molar-refractivity contribution in [1.82, 2.24) is 14.7 Å². The standard InChI is InChI=1S/C18H21N3O5/c1-12(13-5-3-2-4-6-13)21-17(25)14-11-19(9-10-20(14)18(21)26)15(22)7-8-16(23)24/h2-6,12,14H,7-11H2,1H3,(H,23,24)/p-1/t12-,14+/m1/s1. The molecule has 0 bridgehead atoms. The summed E-state index contributed by atoms with van der Waals surface area (Å²) in [6.45, 7) is 2.43. The van der Waals surface area contributed by atoms with Gasteiger partial charge in [-0.2, -0.15) is 0 Å². The molecule has 2 saturated heterocycles. The highest BCUT2D eigenvalue weighted by Crippen LogP contribution is 2.30. The molecule has 2 aliphatic heterocycles. The SMILES string of the molecule is C[C@H](c1ccccc1)N1C(=O)[C@@H]2CN(C(=O)CCC(=O)[O-])CCN2C1=O. The largest absolute Gasteiger partial charge is 0.550 e. The number of nitrogens with zero attached hydrogens (tertiary/aromatic N) is 3. The Morgan fingerprint density at radius 1 is 1.15 bits per heavy atom. The lowest BCUT2D eigenvalue weighted by Crippen LogP contribution is -2.54. The number of hydrogen-bond donors (Lipinski definition) is 0. The van der Waals surface area contributed by atoms with Gasteiger partial charge in [-0.3, -0.25) is 14.5 Å². The predicted molar refractivity (Wildman–Crippen MR) is 88.4 cm³/mol. The quantitative estimate of drug-likeness (QED) is 0.676. The third-order valence-electron chi connectivity index (χ3n) is 4.92. The second-order valence-electron chi connectivity index (χ2n) is 6.50. The molecule has 26 heavy (non-hydrogen) atoms. The minimum absolute atomic E-state index is 0.0917. The molecular formula is C18H20N3O5-. The molecule has 0 saturated carbocycles. The van der Waals surface area contributed by atoms with Crippen LogP contribution in [0.25, 0.3) is 0 Å². The monoisotopic (exact) mass is 358 g/mol. The van der Waals surface area contributed by atoms with Crippen LogP contribution in [0.4, 0.5) is 4.79 Å². The molecule has 0 spiro atoms. The van der Waals surface area contributed by atoms with Crippen LogP contribution in [0, 0.1) is 0 Å². The van der Waals surface area contributed by atoms with Gasteiger partial charge in [0.1, 0.15) is 6.04 Å². The minimum Gasteiger partial charge on any atom is -0.550 e. The van der Waals surface area contributed by atoms with E-state index in [2.05, 4.69) is 0 Å². The van der Waals surface area contributed by atoms with Crippen LogP contribution in [0.2, 0.25) is 0 Å². The van der Waals surface area contributed by atoms with Crippen LogP contribution in [-0.4, -0.2) is 64.2 Å². The van der Waals surface area contributed by atoms with Crippen LogP contribution in [0.3, 0.4) is 0 Å². The lowest BCUT2D eigenvalue weighted by molar-refractivity contribution is -0.305. The van der Waals surface area contributed by atoms with E-state index < -0.39 is 18.1 Å². The Kier molecular flexibility index (Phi) is 4.92. The van der Waals surface area contributed by atoms with Gasteiger partial charge in [0, 0.05) is 25.5 Å². The van der Waals surface area contributed by atoms with Crippen LogP contribution in [0.1, 0.15) is 31.4 Å². The molecule has 2 aliphatic rings. The number of aliphatic carboxylic acids is 1. The molecule has 2 fully saturated rings. The third kappa shape index (κ3) is 3.26. The van der Waals surface area contributed by atoms with Crippen molar-refractivity contribution in [2.75, 3.05) is 19.6 Å². The summed E-state index contributed by atoms with van der Waals surface area (Å²) >= 11 is 0. The molecule has 0 radical (unpaired) electrons. The van der Waals surface area contributed by atoms with Crippen molar-refractivity contribution >= 4 is 23.8 Å². The van der Waals surface area contributed by atoms with Gasteiger partial charge in [-0.05, 0) is 18.9 Å². The van der Waals surface area contributed by atoms with E-state index in [4.69, 9.17) is 0 Å². The van der Waals surface area contributed by atoms with Gasteiger partial charge in [-0.1, -0.05) is 30.3 Å². The summed E-state index contributed by atoms with van der Waals surface area (Å²) in [7, 11) is 0. The number of carbonyl (C=O) groups is 4. The number of imide groups is 1. The first-order valence-electron chi connectivity index (χ1n) is 8.56. The van der Waals surface area contributed by atoms with Crippen LogP contribution >= 0.6 is 0 Å². The summed E-state index contributed by atoms with van der Waals surface area (Å²) in [6.07, 6.45) is -0.519. The van der Waals surface area contributed by atoms with E-state index in [1.165, 1.54) is 14.7 Å². The molecule has 1 aromatic carbocycles. The summed E-state index contributed by atoms with van der Waals surface area (Å²) in [4.78, 5) is 52.3. The minimum atomic E-state index is -1.29. The average molecular weight is 358 g/mol. The molecule has 1 aromatic rings. The van der Waals surface area contributed by atoms with Crippen molar-refractivity contribution in [1.29, 1.82) is 0 Å². The highest BCUT2D eigenvalue weighted by molar-refractivity contribution is 6.05. The third-order valence-corrected chi connectivity index (χ3v) is 4.92. The lowest BCUT2D eigenvalue weighted by atomic mass is 10.1. The zero-order chi connectivity index (χ0) is 18.8. The van der Waals surface area contributed by atoms with E-state index in [9.17, 15) is 24.3 Å². The maximum atomic E-state index is 12.8. The summed E-state index contributed by atoms with van der Waals surface area (Å²) in [5.74, 6) is -1.96. The van der Waals surface area contributed by atoms with Gasteiger partial charge in [0.25, 0.3) is 5.91 Å². The number of urea groups is 1. The first-order valence-corrected chi connectivity index (χ1v) is 8.56. The van der Waals surface area contributed by atoms with Crippen LogP contribution in [0.15, 0.2) is 30.3 Å². The lowest BCUT2D eigenvalue weighted by Gasteiger charge is -2.35. The maximum absolute atomic E-state index is 12.8. The van der Waals surface area contributed by atoms with E-state index in [0.29, 0.717) is 0 Å². The van der Waals surface area contributed by atoms with Gasteiger partial charge < -0.3 is 19.7 Å². The van der Waals surface area contributed by atoms with Crippen molar-refractivity contribution in [3.8, 4) is 0 Å². The molecule has 8 nitrogen and oxygen atoms in total. The second-order valence-corrected chi connectivity index (χ2v) is 6.50. The van der Waals surface area contributed by atoms with Crippen molar-refractivity contribution in [2.24, 2.45) is 0 Å². The van der Waals surface area contributed by atoms with Crippen LogP contribution < -0.4 is 5.11 Å². The first-order chi connectivity index (χ1) is 12.4.